The molecule has 7 heteroatoms. The Labute approximate surface area is 113 Å². The summed E-state index contributed by atoms with van der Waals surface area (Å²) in [6, 6.07) is 4.73. The highest BCUT2D eigenvalue weighted by Crippen LogP contribution is 2.30. The summed E-state index contributed by atoms with van der Waals surface area (Å²) < 4.78 is 0. The number of non-ortho nitro benzene ring substituents is 1. The molecule has 1 aromatic heterocycles. The predicted molar refractivity (Wildman–Crippen MR) is 71.2 cm³/mol. The second-order valence-corrected chi connectivity index (χ2v) is 5.14. The highest BCUT2D eigenvalue weighted by Gasteiger charge is 2.13. The zero-order valence-electron chi connectivity index (χ0n) is 9.59. The molecule has 1 aromatic carbocycles. The molecule has 0 amide bonds. The zero-order chi connectivity index (χ0) is 13.1. The van der Waals surface area contributed by atoms with Gasteiger partial charge in [0.25, 0.3) is 5.69 Å². The topological polar surface area (TPSA) is 68.9 Å². The SMILES string of the molecule is Cc1ccc([N+](=O)[O-])cc1-c1nnc(CCCl)s1. The Hall–Kier alpha value is -1.53. The number of nitro groups is 1. The van der Waals surface area contributed by atoms with Gasteiger partial charge in [-0.05, 0) is 12.5 Å². The van der Waals surface area contributed by atoms with Gasteiger partial charge in [0.15, 0.2) is 0 Å². The van der Waals surface area contributed by atoms with Gasteiger partial charge in [-0.25, -0.2) is 0 Å². The van der Waals surface area contributed by atoms with Crippen molar-refractivity contribution in [2.45, 2.75) is 13.3 Å². The molecule has 1 heterocycles. The van der Waals surface area contributed by atoms with Crippen LogP contribution >= 0.6 is 22.9 Å². The number of halogens is 1. The van der Waals surface area contributed by atoms with E-state index in [0.717, 1.165) is 16.1 Å². The first-order valence-electron chi connectivity index (χ1n) is 5.25. The Morgan fingerprint density at radius 1 is 1.44 bits per heavy atom. The fourth-order valence-electron chi connectivity index (χ4n) is 1.50. The monoisotopic (exact) mass is 283 g/mol. The summed E-state index contributed by atoms with van der Waals surface area (Å²) in [5.74, 6) is 0.489. The number of hydrogen-bond acceptors (Lipinski definition) is 5. The van der Waals surface area contributed by atoms with Crippen LogP contribution in [0, 0.1) is 17.0 Å². The van der Waals surface area contributed by atoms with Gasteiger partial charge in [-0.2, -0.15) is 0 Å². The summed E-state index contributed by atoms with van der Waals surface area (Å²) in [5.41, 5.74) is 1.75. The number of aromatic nitrogens is 2. The Kier molecular flexibility index (Phi) is 3.88. The second kappa shape index (κ2) is 5.41. The van der Waals surface area contributed by atoms with Gasteiger partial charge in [-0.3, -0.25) is 10.1 Å². The lowest BCUT2D eigenvalue weighted by molar-refractivity contribution is -0.384. The maximum Gasteiger partial charge on any atom is 0.270 e. The maximum atomic E-state index is 10.8. The Morgan fingerprint density at radius 3 is 2.89 bits per heavy atom. The molecular formula is C11H10ClN3O2S. The molecular weight excluding hydrogens is 274 g/mol. The number of aryl methyl sites for hydroxylation is 2. The third-order valence-electron chi connectivity index (χ3n) is 2.44. The highest BCUT2D eigenvalue weighted by molar-refractivity contribution is 7.14. The van der Waals surface area contributed by atoms with Gasteiger partial charge in [0.05, 0.1) is 4.92 Å². The summed E-state index contributed by atoms with van der Waals surface area (Å²) in [5, 5.41) is 20.4. The molecule has 0 radical (unpaired) electrons. The van der Waals surface area contributed by atoms with Crippen molar-refractivity contribution in [1.82, 2.24) is 10.2 Å². The van der Waals surface area contributed by atoms with Gasteiger partial charge in [0.2, 0.25) is 0 Å². The third kappa shape index (κ3) is 2.65. The first-order chi connectivity index (χ1) is 8.61. The van der Waals surface area contributed by atoms with Crippen molar-refractivity contribution in [1.29, 1.82) is 0 Å². The molecule has 0 bridgehead atoms. The third-order valence-corrected chi connectivity index (χ3v) is 3.64. The summed E-state index contributed by atoms with van der Waals surface area (Å²) in [7, 11) is 0. The van der Waals surface area contributed by atoms with E-state index < -0.39 is 4.92 Å². The smallest absolute Gasteiger partial charge is 0.258 e. The van der Waals surface area contributed by atoms with Crippen molar-refractivity contribution in [2.75, 3.05) is 5.88 Å². The van der Waals surface area contributed by atoms with Gasteiger partial charge in [0.1, 0.15) is 10.0 Å². The number of nitrogens with zero attached hydrogens (tertiary/aromatic N) is 3. The van der Waals surface area contributed by atoms with Crippen molar-refractivity contribution >= 4 is 28.6 Å². The minimum absolute atomic E-state index is 0.0599. The Balaban J connectivity index is 2.41. The molecule has 2 rings (SSSR count). The van der Waals surface area contributed by atoms with Gasteiger partial charge in [0, 0.05) is 30.0 Å². The molecule has 0 saturated heterocycles. The normalized spacial score (nSPS) is 10.6. The van der Waals surface area contributed by atoms with E-state index in [1.165, 1.54) is 23.5 Å². The summed E-state index contributed by atoms with van der Waals surface area (Å²) in [6.07, 6.45) is 0.660. The average molecular weight is 284 g/mol. The largest absolute Gasteiger partial charge is 0.270 e. The van der Waals surface area contributed by atoms with E-state index in [2.05, 4.69) is 10.2 Å². The van der Waals surface area contributed by atoms with E-state index in [0.29, 0.717) is 17.3 Å². The molecule has 0 aliphatic rings. The minimum Gasteiger partial charge on any atom is -0.258 e. The van der Waals surface area contributed by atoms with Crippen LogP contribution in [0.1, 0.15) is 10.6 Å². The number of rotatable bonds is 4. The van der Waals surface area contributed by atoms with E-state index in [9.17, 15) is 10.1 Å². The van der Waals surface area contributed by atoms with Crippen molar-refractivity contribution in [3.05, 3.63) is 38.9 Å². The molecule has 5 nitrogen and oxygen atoms in total. The van der Waals surface area contributed by atoms with Crippen LogP contribution in [0.15, 0.2) is 18.2 Å². The van der Waals surface area contributed by atoms with Crippen molar-refractivity contribution in [3.63, 3.8) is 0 Å². The molecule has 0 unspecified atom stereocenters. The summed E-state index contributed by atoms with van der Waals surface area (Å²) >= 11 is 7.05. The van der Waals surface area contributed by atoms with Gasteiger partial charge >= 0.3 is 0 Å². The van der Waals surface area contributed by atoms with Crippen molar-refractivity contribution < 1.29 is 4.92 Å². The van der Waals surface area contributed by atoms with E-state index in [4.69, 9.17) is 11.6 Å². The average Bonchev–Trinajstić information content (AvgIpc) is 2.78. The molecule has 0 N–H and O–H groups in total. The van der Waals surface area contributed by atoms with Crippen LogP contribution in [0.3, 0.4) is 0 Å². The van der Waals surface area contributed by atoms with E-state index in [1.807, 2.05) is 6.92 Å². The Bertz CT molecular complexity index is 585. The standard InChI is InChI=1S/C11H10ClN3O2S/c1-7-2-3-8(15(16)17)6-9(7)11-14-13-10(18-11)4-5-12/h2-3,6H,4-5H2,1H3. The maximum absolute atomic E-state index is 10.8. The number of benzene rings is 1. The zero-order valence-corrected chi connectivity index (χ0v) is 11.2. The summed E-state index contributed by atoms with van der Waals surface area (Å²) in [4.78, 5) is 10.3. The first-order valence-corrected chi connectivity index (χ1v) is 6.60. The molecule has 0 spiro atoms. The van der Waals surface area contributed by atoms with E-state index in [-0.39, 0.29) is 5.69 Å². The Morgan fingerprint density at radius 2 is 2.22 bits per heavy atom. The lowest BCUT2D eigenvalue weighted by atomic mass is 10.1. The van der Waals surface area contributed by atoms with Crippen LogP contribution in [-0.4, -0.2) is 21.0 Å². The number of nitro benzene ring substituents is 1. The van der Waals surface area contributed by atoms with Crippen LogP contribution in [-0.2, 0) is 6.42 Å². The quantitative estimate of drug-likeness (QED) is 0.491. The molecule has 0 aliphatic carbocycles. The first kappa shape index (κ1) is 12.9. The van der Waals surface area contributed by atoms with Gasteiger partial charge < -0.3 is 0 Å². The molecule has 0 aliphatic heterocycles. The van der Waals surface area contributed by atoms with Crippen LogP contribution < -0.4 is 0 Å². The minimum atomic E-state index is -0.413. The lowest BCUT2D eigenvalue weighted by Crippen LogP contribution is -1.90. The number of hydrogen-bond donors (Lipinski definition) is 0. The van der Waals surface area contributed by atoms with Crippen LogP contribution in [0.25, 0.3) is 10.6 Å². The van der Waals surface area contributed by atoms with Crippen LogP contribution in [0.2, 0.25) is 0 Å². The molecule has 94 valence electrons. The number of alkyl halides is 1. The van der Waals surface area contributed by atoms with Crippen LogP contribution in [0.5, 0.6) is 0 Å². The van der Waals surface area contributed by atoms with Gasteiger partial charge in [-0.15, -0.1) is 21.8 Å². The van der Waals surface area contributed by atoms with Crippen molar-refractivity contribution in [3.8, 4) is 10.6 Å². The molecule has 0 fully saturated rings. The molecule has 0 atom stereocenters. The van der Waals surface area contributed by atoms with E-state index in [1.54, 1.807) is 6.07 Å². The predicted octanol–water partition coefficient (Wildman–Crippen LogP) is 3.20. The van der Waals surface area contributed by atoms with Crippen molar-refractivity contribution in [2.24, 2.45) is 0 Å². The molecule has 0 saturated carbocycles. The fraction of sp³-hybridized carbons (Fsp3) is 0.273. The summed E-state index contributed by atoms with van der Waals surface area (Å²) in [6.45, 7) is 1.89. The van der Waals surface area contributed by atoms with E-state index >= 15 is 0 Å². The lowest BCUT2D eigenvalue weighted by Gasteiger charge is -2.00. The molecule has 18 heavy (non-hydrogen) atoms. The van der Waals surface area contributed by atoms with Gasteiger partial charge in [-0.1, -0.05) is 17.4 Å². The highest BCUT2D eigenvalue weighted by atomic mass is 35.5. The van der Waals surface area contributed by atoms with Crippen LogP contribution in [0.4, 0.5) is 5.69 Å². The fourth-order valence-corrected chi connectivity index (χ4v) is 2.71. The second-order valence-electron chi connectivity index (χ2n) is 3.70. The molecule has 2 aromatic rings.